The molecule has 1 aliphatic rings. The number of fused-ring (bicyclic) bond motifs is 1. The average molecular weight is 414 g/mol. The lowest BCUT2D eigenvalue weighted by molar-refractivity contribution is 0.306. The highest BCUT2D eigenvalue weighted by Gasteiger charge is 2.13. The summed E-state index contributed by atoms with van der Waals surface area (Å²) in [4.78, 5) is 12.8. The van der Waals surface area contributed by atoms with E-state index in [1.165, 1.54) is 12.8 Å². The molecule has 4 aromatic rings. The van der Waals surface area contributed by atoms with Crippen LogP contribution >= 0.6 is 0 Å². The van der Waals surface area contributed by atoms with Crippen molar-refractivity contribution in [3.63, 3.8) is 0 Å². The van der Waals surface area contributed by atoms with Crippen LogP contribution in [0.2, 0.25) is 0 Å². The molecule has 5 rings (SSSR count). The van der Waals surface area contributed by atoms with E-state index < -0.39 is 0 Å². The van der Waals surface area contributed by atoms with Crippen molar-refractivity contribution in [2.24, 2.45) is 5.92 Å². The quantitative estimate of drug-likeness (QED) is 0.412. The molecule has 0 aliphatic carbocycles. The number of ether oxygens (including phenoxy) is 1. The van der Waals surface area contributed by atoms with Crippen molar-refractivity contribution in [2.75, 3.05) is 25.0 Å². The molecule has 1 aliphatic heterocycles. The number of piperidine rings is 1. The van der Waals surface area contributed by atoms with Crippen LogP contribution in [0.25, 0.3) is 22.6 Å². The highest BCUT2D eigenvalue weighted by molar-refractivity contribution is 5.77. The summed E-state index contributed by atoms with van der Waals surface area (Å²) in [5.74, 6) is 3.24. The van der Waals surface area contributed by atoms with Crippen LogP contribution in [-0.2, 0) is 6.61 Å². The van der Waals surface area contributed by atoms with Crippen LogP contribution in [0.15, 0.2) is 66.7 Å². The van der Waals surface area contributed by atoms with Crippen molar-refractivity contribution in [2.45, 2.75) is 19.4 Å². The van der Waals surface area contributed by atoms with Gasteiger partial charge in [-0.1, -0.05) is 30.3 Å². The molecule has 2 aromatic carbocycles. The van der Waals surface area contributed by atoms with E-state index in [0.717, 1.165) is 59.3 Å². The second-order valence-corrected chi connectivity index (χ2v) is 8.03. The number of hydrogen-bond donors (Lipinski definition) is 3. The number of imidazole rings is 1. The van der Waals surface area contributed by atoms with Gasteiger partial charge < -0.3 is 20.4 Å². The Bertz CT molecular complexity index is 1120. The van der Waals surface area contributed by atoms with Crippen LogP contribution in [0.4, 0.5) is 5.82 Å². The minimum atomic E-state index is 0.557. The molecule has 0 saturated carbocycles. The van der Waals surface area contributed by atoms with Crippen molar-refractivity contribution in [1.82, 2.24) is 20.3 Å². The number of anilines is 1. The first kappa shape index (κ1) is 19.6. The second-order valence-electron chi connectivity index (χ2n) is 8.03. The lowest BCUT2D eigenvalue weighted by atomic mass is 9.98. The normalized spacial score (nSPS) is 14.6. The topological polar surface area (TPSA) is 74.9 Å². The van der Waals surface area contributed by atoms with E-state index in [0.29, 0.717) is 12.5 Å². The fourth-order valence-corrected chi connectivity index (χ4v) is 3.91. The molecule has 0 bridgehead atoms. The van der Waals surface area contributed by atoms with Gasteiger partial charge in [-0.3, -0.25) is 0 Å². The molecular weight excluding hydrogens is 386 g/mol. The van der Waals surface area contributed by atoms with Gasteiger partial charge in [-0.2, -0.15) is 0 Å². The third-order valence-electron chi connectivity index (χ3n) is 5.75. The number of rotatable bonds is 7. The Labute approximate surface area is 182 Å². The maximum atomic E-state index is 5.88. The number of H-pyrrole nitrogens is 1. The maximum Gasteiger partial charge on any atom is 0.180 e. The molecular formula is C25H27N5O. The number of aromatic amines is 1. The predicted molar refractivity (Wildman–Crippen MR) is 124 cm³/mol. The van der Waals surface area contributed by atoms with Gasteiger partial charge in [0.05, 0.1) is 5.52 Å². The van der Waals surface area contributed by atoms with Crippen LogP contribution in [-0.4, -0.2) is 34.6 Å². The molecule has 0 amide bonds. The molecule has 6 heteroatoms. The fourth-order valence-electron chi connectivity index (χ4n) is 3.91. The van der Waals surface area contributed by atoms with Crippen LogP contribution in [0.3, 0.4) is 0 Å². The number of aromatic nitrogens is 3. The molecule has 6 nitrogen and oxygen atoms in total. The monoisotopic (exact) mass is 413 g/mol. The second kappa shape index (κ2) is 9.18. The molecule has 0 atom stereocenters. The van der Waals surface area contributed by atoms with E-state index in [2.05, 4.69) is 27.8 Å². The first-order chi connectivity index (χ1) is 15.3. The first-order valence-corrected chi connectivity index (χ1v) is 10.9. The smallest absolute Gasteiger partial charge is 0.180 e. The molecule has 158 valence electrons. The highest BCUT2D eigenvalue weighted by atomic mass is 16.5. The van der Waals surface area contributed by atoms with Gasteiger partial charge in [-0.25, -0.2) is 9.97 Å². The molecule has 3 heterocycles. The van der Waals surface area contributed by atoms with Crippen molar-refractivity contribution in [3.05, 3.63) is 72.3 Å². The molecule has 1 fully saturated rings. The van der Waals surface area contributed by atoms with Gasteiger partial charge in [0.2, 0.25) is 0 Å². The predicted octanol–water partition coefficient (Wildman–Crippen LogP) is 4.62. The van der Waals surface area contributed by atoms with Gasteiger partial charge >= 0.3 is 0 Å². The van der Waals surface area contributed by atoms with Crippen LogP contribution in [0.1, 0.15) is 18.4 Å². The summed E-state index contributed by atoms with van der Waals surface area (Å²) in [6.45, 7) is 3.74. The SMILES string of the molecule is c1ccc(COc2ccc(-c3nc4nc(NCC5CCNCC5)ccc4[nH]3)cc2)cc1. The standard InChI is InChI=1S/C25H27N5O/c1-2-4-19(5-3-1)17-31-21-8-6-20(7-9-21)24-28-22-10-11-23(29-25(22)30-24)27-16-18-12-14-26-15-13-18/h1-11,18,26H,12-17H2,(H2,27,28,29,30). The summed E-state index contributed by atoms with van der Waals surface area (Å²) in [5.41, 5.74) is 3.83. The fraction of sp³-hybridized carbons (Fsp3) is 0.280. The van der Waals surface area contributed by atoms with Crippen molar-refractivity contribution in [1.29, 1.82) is 0 Å². The third kappa shape index (κ3) is 4.86. The Balaban J connectivity index is 1.24. The Morgan fingerprint density at radius 2 is 1.71 bits per heavy atom. The molecule has 2 aromatic heterocycles. The van der Waals surface area contributed by atoms with Gasteiger partial charge in [-0.05, 0) is 73.8 Å². The zero-order chi connectivity index (χ0) is 20.9. The number of nitrogens with zero attached hydrogens (tertiary/aromatic N) is 2. The number of hydrogen-bond acceptors (Lipinski definition) is 5. The van der Waals surface area contributed by atoms with E-state index >= 15 is 0 Å². The van der Waals surface area contributed by atoms with E-state index in [-0.39, 0.29) is 0 Å². The van der Waals surface area contributed by atoms with Gasteiger partial charge in [0, 0.05) is 12.1 Å². The third-order valence-corrected chi connectivity index (χ3v) is 5.75. The van der Waals surface area contributed by atoms with Crippen molar-refractivity contribution < 1.29 is 4.74 Å². The first-order valence-electron chi connectivity index (χ1n) is 10.9. The largest absolute Gasteiger partial charge is 0.489 e. The van der Waals surface area contributed by atoms with Gasteiger partial charge in [0.15, 0.2) is 5.65 Å². The average Bonchev–Trinajstić information content (AvgIpc) is 3.26. The summed E-state index contributed by atoms with van der Waals surface area (Å²) < 4.78 is 5.88. The Morgan fingerprint density at radius 3 is 2.52 bits per heavy atom. The molecule has 1 saturated heterocycles. The van der Waals surface area contributed by atoms with E-state index in [4.69, 9.17) is 14.7 Å². The number of pyridine rings is 1. The number of benzene rings is 2. The summed E-state index contributed by atoms with van der Waals surface area (Å²) in [5, 5.41) is 6.89. The number of nitrogens with one attached hydrogen (secondary N) is 3. The minimum Gasteiger partial charge on any atom is -0.489 e. The lowest BCUT2D eigenvalue weighted by Crippen LogP contribution is -2.31. The maximum absolute atomic E-state index is 5.88. The minimum absolute atomic E-state index is 0.557. The molecule has 0 spiro atoms. The van der Waals surface area contributed by atoms with Gasteiger partial charge in [0.25, 0.3) is 0 Å². The summed E-state index contributed by atoms with van der Waals surface area (Å²) in [6.07, 6.45) is 2.43. The Kier molecular flexibility index (Phi) is 5.80. The molecule has 0 unspecified atom stereocenters. The zero-order valence-electron chi connectivity index (χ0n) is 17.5. The Hall–Kier alpha value is -3.38. The Morgan fingerprint density at radius 1 is 0.903 bits per heavy atom. The summed E-state index contributed by atoms with van der Waals surface area (Å²) >= 11 is 0. The lowest BCUT2D eigenvalue weighted by Gasteiger charge is -2.22. The molecule has 31 heavy (non-hydrogen) atoms. The zero-order valence-corrected chi connectivity index (χ0v) is 17.5. The summed E-state index contributed by atoms with van der Waals surface area (Å²) in [6, 6.07) is 22.2. The van der Waals surface area contributed by atoms with Gasteiger partial charge in [-0.15, -0.1) is 0 Å². The highest BCUT2D eigenvalue weighted by Crippen LogP contribution is 2.24. The van der Waals surface area contributed by atoms with E-state index in [1.54, 1.807) is 0 Å². The van der Waals surface area contributed by atoms with Gasteiger partial charge in [0.1, 0.15) is 24.0 Å². The molecule has 0 radical (unpaired) electrons. The van der Waals surface area contributed by atoms with Crippen molar-refractivity contribution >= 4 is 17.0 Å². The van der Waals surface area contributed by atoms with Crippen LogP contribution < -0.4 is 15.4 Å². The van der Waals surface area contributed by atoms with Crippen LogP contribution in [0.5, 0.6) is 5.75 Å². The molecule has 3 N–H and O–H groups in total. The summed E-state index contributed by atoms with van der Waals surface area (Å²) in [7, 11) is 0. The van der Waals surface area contributed by atoms with Crippen molar-refractivity contribution in [3.8, 4) is 17.1 Å². The van der Waals surface area contributed by atoms with Crippen LogP contribution in [0, 0.1) is 5.92 Å². The van der Waals surface area contributed by atoms with E-state index in [9.17, 15) is 0 Å². The van der Waals surface area contributed by atoms with E-state index in [1.807, 2.05) is 54.6 Å².